The zero-order valence-electron chi connectivity index (χ0n) is 5.77. The van der Waals surface area contributed by atoms with E-state index in [1.807, 2.05) is 7.05 Å². The van der Waals surface area contributed by atoms with Crippen LogP contribution in [-0.2, 0) is 0 Å². The standard InChI is InChI=1S/C6H12N2S/c1-4-3-5(4)8-6(9)7-2/h4-5H,3H2,1-2H3,(H2,7,8,9). The second-order valence-electron chi connectivity index (χ2n) is 2.54. The monoisotopic (exact) mass is 144 g/mol. The lowest BCUT2D eigenvalue weighted by molar-refractivity contribution is 0.803. The van der Waals surface area contributed by atoms with Gasteiger partial charge in [-0.15, -0.1) is 0 Å². The lowest BCUT2D eigenvalue weighted by Crippen LogP contribution is -2.34. The van der Waals surface area contributed by atoms with Gasteiger partial charge in [0.1, 0.15) is 0 Å². The summed E-state index contributed by atoms with van der Waals surface area (Å²) in [6.45, 7) is 2.22. The number of hydrogen-bond acceptors (Lipinski definition) is 1. The fraction of sp³-hybridized carbons (Fsp3) is 0.833. The summed E-state index contributed by atoms with van der Waals surface area (Å²) >= 11 is 4.90. The minimum absolute atomic E-state index is 0.643. The van der Waals surface area contributed by atoms with Crippen molar-refractivity contribution in [2.24, 2.45) is 5.92 Å². The van der Waals surface area contributed by atoms with Crippen molar-refractivity contribution in [3.05, 3.63) is 0 Å². The van der Waals surface area contributed by atoms with Crippen molar-refractivity contribution in [1.82, 2.24) is 10.6 Å². The van der Waals surface area contributed by atoms with Gasteiger partial charge in [0.05, 0.1) is 0 Å². The van der Waals surface area contributed by atoms with Crippen molar-refractivity contribution in [3.63, 3.8) is 0 Å². The van der Waals surface area contributed by atoms with E-state index in [0.717, 1.165) is 11.0 Å². The SMILES string of the molecule is CNC(=S)NC1CC1C. The highest BCUT2D eigenvalue weighted by Gasteiger charge is 2.32. The maximum Gasteiger partial charge on any atom is 0.166 e. The van der Waals surface area contributed by atoms with E-state index in [0.29, 0.717) is 6.04 Å². The molecule has 2 N–H and O–H groups in total. The van der Waals surface area contributed by atoms with Crippen molar-refractivity contribution < 1.29 is 0 Å². The molecular formula is C6H12N2S. The quantitative estimate of drug-likeness (QED) is 0.524. The summed E-state index contributed by atoms with van der Waals surface area (Å²) in [4.78, 5) is 0. The predicted molar refractivity (Wildman–Crippen MR) is 42.4 cm³/mol. The van der Waals surface area contributed by atoms with Gasteiger partial charge in [0.2, 0.25) is 0 Å². The summed E-state index contributed by atoms with van der Waals surface area (Å²) in [6.07, 6.45) is 1.27. The van der Waals surface area contributed by atoms with E-state index < -0.39 is 0 Å². The average molecular weight is 144 g/mol. The van der Waals surface area contributed by atoms with Crippen molar-refractivity contribution in [1.29, 1.82) is 0 Å². The lowest BCUT2D eigenvalue weighted by Gasteiger charge is -2.03. The van der Waals surface area contributed by atoms with Crippen molar-refractivity contribution >= 4 is 17.3 Å². The van der Waals surface area contributed by atoms with Crippen LogP contribution in [-0.4, -0.2) is 18.2 Å². The Bertz CT molecular complexity index is 124. The highest BCUT2D eigenvalue weighted by Crippen LogP contribution is 2.28. The number of thiocarbonyl (C=S) groups is 1. The summed E-state index contributed by atoms with van der Waals surface area (Å²) in [5.74, 6) is 0.816. The summed E-state index contributed by atoms with van der Waals surface area (Å²) in [5.41, 5.74) is 0. The summed E-state index contributed by atoms with van der Waals surface area (Å²) < 4.78 is 0. The van der Waals surface area contributed by atoms with Crippen LogP contribution in [0.5, 0.6) is 0 Å². The topological polar surface area (TPSA) is 24.1 Å². The van der Waals surface area contributed by atoms with E-state index >= 15 is 0 Å². The Morgan fingerprint density at radius 1 is 1.67 bits per heavy atom. The van der Waals surface area contributed by atoms with Crippen LogP contribution in [0.2, 0.25) is 0 Å². The Hall–Kier alpha value is -0.310. The molecular weight excluding hydrogens is 132 g/mol. The first-order valence-electron chi connectivity index (χ1n) is 3.22. The van der Waals surface area contributed by atoms with Gasteiger partial charge in [-0.25, -0.2) is 0 Å². The molecule has 1 fully saturated rings. The normalized spacial score (nSPS) is 31.3. The Morgan fingerprint density at radius 2 is 2.22 bits per heavy atom. The van der Waals surface area contributed by atoms with Crippen LogP contribution < -0.4 is 10.6 Å². The van der Waals surface area contributed by atoms with Gasteiger partial charge in [0.25, 0.3) is 0 Å². The number of nitrogens with one attached hydrogen (secondary N) is 2. The molecule has 0 saturated heterocycles. The smallest absolute Gasteiger partial charge is 0.166 e. The van der Waals surface area contributed by atoms with E-state index in [1.165, 1.54) is 6.42 Å². The molecule has 0 radical (unpaired) electrons. The molecule has 2 atom stereocenters. The molecule has 0 amide bonds. The van der Waals surface area contributed by atoms with Crippen molar-refractivity contribution in [3.8, 4) is 0 Å². The molecule has 3 heteroatoms. The third-order valence-corrected chi connectivity index (χ3v) is 1.98. The maximum atomic E-state index is 4.90. The first-order valence-corrected chi connectivity index (χ1v) is 3.63. The van der Waals surface area contributed by atoms with E-state index in [9.17, 15) is 0 Å². The van der Waals surface area contributed by atoms with Crippen LogP contribution in [0.25, 0.3) is 0 Å². The number of rotatable bonds is 1. The Balaban J connectivity index is 2.12. The minimum Gasteiger partial charge on any atom is -0.366 e. The molecule has 1 aliphatic rings. The zero-order chi connectivity index (χ0) is 6.85. The van der Waals surface area contributed by atoms with E-state index in [4.69, 9.17) is 12.2 Å². The van der Waals surface area contributed by atoms with Gasteiger partial charge in [-0.1, -0.05) is 6.92 Å². The van der Waals surface area contributed by atoms with Gasteiger partial charge < -0.3 is 10.6 Å². The Morgan fingerprint density at radius 3 is 2.56 bits per heavy atom. The minimum atomic E-state index is 0.643. The summed E-state index contributed by atoms with van der Waals surface area (Å²) in [7, 11) is 1.84. The zero-order valence-corrected chi connectivity index (χ0v) is 6.59. The molecule has 1 aliphatic carbocycles. The van der Waals surface area contributed by atoms with Gasteiger partial charge in [0, 0.05) is 13.1 Å². The fourth-order valence-electron chi connectivity index (χ4n) is 0.764. The maximum absolute atomic E-state index is 4.90. The number of hydrogen-bond donors (Lipinski definition) is 2. The summed E-state index contributed by atoms with van der Waals surface area (Å²) in [6, 6.07) is 0.643. The first kappa shape index (κ1) is 6.81. The van der Waals surface area contributed by atoms with Gasteiger partial charge >= 0.3 is 0 Å². The Labute approximate surface area is 61.0 Å². The van der Waals surface area contributed by atoms with E-state index in [1.54, 1.807) is 0 Å². The van der Waals surface area contributed by atoms with Gasteiger partial charge in [-0.05, 0) is 24.6 Å². The van der Waals surface area contributed by atoms with Crippen molar-refractivity contribution in [2.75, 3.05) is 7.05 Å². The van der Waals surface area contributed by atoms with Crippen LogP contribution in [0.4, 0.5) is 0 Å². The summed E-state index contributed by atoms with van der Waals surface area (Å²) in [5, 5.41) is 6.82. The fourth-order valence-corrected chi connectivity index (χ4v) is 0.915. The molecule has 0 aromatic carbocycles. The average Bonchev–Trinajstić information content (AvgIpc) is 2.47. The van der Waals surface area contributed by atoms with E-state index in [-0.39, 0.29) is 0 Å². The third-order valence-electron chi connectivity index (χ3n) is 1.65. The molecule has 1 rings (SSSR count). The highest BCUT2D eigenvalue weighted by molar-refractivity contribution is 7.80. The van der Waals surface area contributed by atoms with Gasteiger partial charge in [0.15, 0.2) is 5.11 Å². The van der Waals surface area contributed by atoms with Gasteiger partial charge in [-0.3, -0.25) is 0 Å². The molecule has 0 spiro atoms. The third kappa shape index (κ3) is 1.82. The second-order valence-corrected chi connectivity index (χ2v) is 2.95. The second kappa shape index (κ2) is 2.52. The lowest BCUT2D eigenvalue weighted by atomic mass is 10.5. The molecule has 2 unspecified atom stereocenters. The van der Waals surface area contributed by atoms with E-state index in [2.05, 4.69) is 17.6 Å². The molecule has 0 aliphatic heterocycles. The molecule has 1 saturated carbocycles. The molecule has 9 heavy (non-hydrogen) atoms. The predicted octanol–water partition coefficient (Wildman–Crippen LogP) is 0.489. The highest BCUT2D eigenvalue weighted by atomic mass is 32.1. The van der Waals surface area contributed by atoms with Crippen LogP contribution in [0.1, 0.15) is 13.3 Å². The van der Waals surface area contributed by atoms with Crippen molar-refractivity contribution in [2.45, 2.75) is 19.4 Å². The molecule has 2 nitrogen and oxygen atoms in total. The molecule has 0 aromatic rings. The van der Waals surface area contributed by atoms with Crippen LogP contribution >= 0.6 is 12.2 Å². The molecule has 0 bridgehead atoms. The molecule has 0 heterocycles. The Kier molecular flexibility index (Phi) is 1.90. The largest absolute Gasteiger partial charge is 0.366 e. The molecule has 52 valence electrons. The van der Waals surface area contributed by atoms with Crippen LogP contribution in [0, 0.1) is 5.92 Å². The molecule has 0 aromatic heterocycles. The van der Waals surface area contributed by atoms with Crippen LogP contribution in [0.15, 0.2) is 0 Å². The van der Waals surface area contributed by atoms with Gasteiger partial charge in [-0.2, -0.15) is 0 Å². The van der Waals surface area contributed by atoms with Crippen LogP contribution in [0.3, 0.4) is 0 Å². The first-order chi connectivity index (χ1) is 4.24.